The first-order chi connectivity index (χ1) is 12.8. The SMILES string of the molecule is Fc1cc[c-]cc1.[Au+].c1ccc(P(c2ccccc2)c2ccccc2)cc1. The van der Waals surface area contributed by atoms with E-state index in [0.29, 0.717) is 0 Å². The summed E-state index contributed by atoms with van der Waals surface area (Å²) in [6, 6.07) is 40.8. The molecule has 4 rings (SSSR count). The van der Waals surface area contributed by atoms with Gasteiger partial charge in [0, 0.05) is 5.82 Å². The summed E-state index contributed by atoms with van der Waals surface area (Å²) in [4.78, 5) is 0. The van der Waals surface area contributed by atoms with Crippen molar-refractivity contribution in [2.24, 2.45) is 0 Å². The molecule has 0 saturated carbocycles. The first-order valence-electron chi connectivity index (χ1n) is 8.41. The molecule has 0 aliphatic carbocycles. The van der Waals surface area contributed by atoms with Crippen molar-refractivity contribution in [2.45, 2.75) is 0 Å². The molecule has 0 aliphatic rings. The Balaban J connectivity index is 0.000000278. The van der Waals surface area contributed by atoms with Crippen molar-refractivity contribution in [1.82, 2.24) is 0 Å². The Morgan fingerprint density at radius 2 is 0.852 bits per heavy atom. The number of benzene rings is 4. The van der Waals surface area contributed by atoms with Crippen LogP contribution in [0.15, 0.2) is 115 Å². The van der Waals surface area contributed by atoms with E-state index in [2.05, 4.69) is 97.1 Å². The normalized spacial score (nSPS) is 9.70. The van der Waals surface area contributed by atoms with Crippen LogP contribution in [0.4, 0.5) is 4.39 Å². The number of halogens is 1. The molecule has 0 fully saturated rings. The predicted octanol–water partition coefficient (Wildman–Crippen LogP) is 5.07. The largest absolute Gasteiger partial charge is 1.00 e. The summed E-state index contributed by atoms with van der Waals surface area (Å²) >= 11 is 0. The van der Waals surface area contributed by atoms with Gasteiger partial charge in [0.1, 0.15) is 0 Å². The van der Waals surface area contributed by atoms with Crippen LogP contribution in [0.5, 0.6) is 0 Å². The fraction of sp³-hybridized carbons (Fsp3) is 0. The number of hydrogen-bond acceptors (Lipinski definition) is 0. The van der Waals surface area contributed by atoms with Crippen LogP contribution in [-0.4, -0.2) is 0 Å². The Morgan fingerprint density at radius 3 is 1.11 bits per heavy atom. The molecular weight excluding hydrogens is 535 g/mol. The zero-order valence-electron chi connectivity index (χ0n) is 14.6. The third kappa shape index (κ3) is 6.57. The van der Waals surface area contributed by atoms with Crippen LogP contribution in [0, 0.1) is 11.9 Å². The van der Waals surface area contributed by atoms with Crippen molar-refractivity contribution in [3.05, 3.63) is 127 Å². The fourth-order valence-corrected chi connectivity index (χ4v) is 4.85. The third-order valence-electron chi connectivity index (χ3n) is 3.72. The minimum atomic E-state index is -0.446. The van der Waals surface area contributed by atoms with E-state index in [-0.39, 0.29) is 28.2 Å². The van der Waals surface area contributed by atoms with E-state index in [9.17, 15) is 4.39 Å². The molecule has 0 bridgehead atoms. The Morgan fingerprint density at radius 1 is 0.519 bits per heavy atom. The summed E-state index contributed by atoms with van der Waals surface area (Å²) < 4.78 is 11.9. The molecule has 27 heavy (non-hydrogen) atoms. The Hall–Kier alpha value is -2.02. The summed E-state index contributed by atoms with van der Waals surface area (Å²) in [5.74, 6) is -0.209. The van der Waals surface area contributed by atoms with Gasteiger partial charge in [-0.25, -0.2) is 4.39 Å². The first-order valence-corrected chi connectivity index (χ1v) is 9.75. The summed E-state index contributed by atoms with van der Waals surface area (Å²) in [6.07, 6.45) is 0. The molecule has 0 amide bonds. The molecule has 0 N–H and O–H groups in total. The molecule has 0 nitrogen and oxygen atoms in total. The molecule has 0 radical (unpaired) electrons. The second-order valence-corrected chi connectivity index (χ2v) is 7.78. The molecule has 0 saturated heterocycles. The van der Waals surface area contributed by atoms with E-state index in [1.165, 1.54) is 40.2 Å². The summed E-state index contributed by atoms with van der Waals surface area (Å²) in [5, 5.41) is 4.19. The molecule has 0 aromatic heterocycles. The van der Waals surface area contributed by atoms with Gasteiger partial charge in [-0.15, -0.1) is 12.1 Å². The summed E-state index contributed by atoms with van der Waals surface area (Å²) in [7, 11) is -0.446. The van der Waals surface area contributed by atoms with Crippen molar-refractivity contribution in [1.29, 1.82) is 0 Å². The molecule has 0 aliphatic heterocycles. The summed E-state index contributed by atoms with van der Waals surface area (Å²) in [5.41, 5.74) is 0. The van der Waals surface area contributed by atoms with Crippen LogP contribution in [0.1, 0.15) is 0 Å². The van der Waals surface area contributed by atoms with Gasteiger partial charge in [0.15, 0.2) is 0 Å². The Kier molecular flexibility index (Phi) is 9.18. The van der Waals surface area contributed by atoms with Gasteiger partial charge in [0.25, 0.3) is 0 Å². The van der Waals surface area contributed by atoms with Crippen LogP contribution < -0.4 is 15.9 Å². The van der Waals surface area contributed by atoms with Crippen molar-refractivity contribution in [2.75, 3.05) is 0 Å². The van der Waals surface area contributed by atoms with Crippen LogP contribution in [0.25, 0.3) is 0 Å². The molecule has 0 atom stereocenters. The molecule has 138 valence electrons. The molecule has 0 spiro atoms. The van der Waals surface area contributed by atoms with Gasteiger partial charge in [-0.05, 0) is 23.8 Å². The van der Waals surface area contributed by atoms with Crippen LogP contribution >= 0.6 is 7.92 Å². The molecule has 4 aromatic carbocycles. The zero-order valence-corrected chi connectivity index (χ0v) is 17.7. The van der Waals surface area contributed by atoms with E-state index in [0.717, 1.165) is 0 Å². The van der Waals surface area contributed by atoms with E-state index in [4.69, 9.17) is 0 Å². The second-order valence-electron chi connectivity index (χ2n) is 5.56. The average Bonchev–Trinajstić information content (AvgIpc) is 2.72. The van der Waals surface area contributed by atoms with Gasteiger partial charge in [-0.2, -0.15) is 18.2 Å². The van der Waals surface area contributed by atoms with Gasteiger partial charge in [-0.3, -0.25) is 0 Å². The standard InChI is InChI=1S/C18H15P.C6H4F.Au/c1-4-10-16(11-5-1)19(17-12-6-2-7-13-17)18-14-8-3-9-15-18;7-6-4-2-1-3-5-6;/h1-15H;2-5H;/q;-1;+1. The van der Waals surface area contributed by atoms with E-state index >= 15 is 0 Å². The van der Waals surface area contributed by atoms with Crippen molar-refractivity contribution < 1.29 is 26.8 Å². The smallest absolute Gasteiger partial charge is 0.236 e. The number of rotatable bonds is 3. The topological polar surface area (TPSA) is 0 Å². The molecule has 0 unspecified atom stereocenters. The van der Waals surface area contributed by atoms with Crippen molar-refractivity contribution >= 4 is 23.8 Å². The second kappa shape index (κ2) is 11.6. The van der Waals surface area contributed by atoms with Crippen molar-refractivity contribution in [3.63, 3.8) is 0 Å². The maximum Gasteiger partial charge on any atom is 1.00 e. The number of hydrogen-bond donors (Lipinski definition) is 0. The van der Waals surface area contributed by atoms with E-state index in [1.54, 1.807) is 0 Å². The van der Waals surface area contributed by atoms with E-state index < -0.39 is 7.92 Å². The minimum Gasteiger partial charge on any atom is -0.236 e. The van der Waals surface area contributed by atoms with E-state index in [1.807, 2.05) is 0 Å². The Bertz CT molecular complexity index is 790. The van der Waals surface area contributed by atoms with Gasteiger partial charge in [0.2, 0.25) is 0 Å². The molecule has 3 heteroatoms. The van der Waals surface area contributed by atoms with Gasteiger partial charge in [-0.1, -0.05) is 91.0 Å². The Labute approximate surface area is 177 Å². The maximum absolute atomic E-state index is 11.9. The zero-order chi connectivity index (χ0) is 18.0. The third-order valence-corrected chi connectivity index (χ3v) is 6.16. The van der Waals surface area contributed by atoms with Crippen molar-refractivity contribution in [3.8, 4) is 0 Å². The maximum atomic E-state index is 11.9. The first kappa shape index (κ1) is 21.3. The molecule has 0 heterocycles. The molecule has 4 aromatic rings. The molecular formula is C24H19AuFP. The van der Waals surface area contributed by atoms with Gasteiger partial charge in [0.05, 0.1) is 0 Å². The average molecular weight is 554 g/mol. The van der Waals surface area contributed by atoms with Crippen LogP contribution in [0.3, 0.4) is 0 Å². The monoisotopic (exact) mass is 554 g/mol. The van der Waals surface area contributed by atoms with Crippen LogP contribution in [0.2, 0.25) is 0 Å². The quantitative estimate of drug-likeness (QED) is 0.189. The summed E-state index contributed by atoms with van der Waals surface area (Å²) in [6.45, 7) is 0. The van der Waals surface area contributed by atoms with Gasteiger partial charge >= 0.3 is 22.4 Å². The van der Waals surface area contributed by atoms with Crippen LogP contribution in [-0.2, 0) is 22.4 Å². The van der Waals surface area contributed by atoms with Gasteiger partial charge < -0.3 is 0 Å². The predicted molar refractivity (Wildman–Crippen MR) is 110 cm³/mol. The minimum absolute atomic E-state index is 0. The fourth-order valence-electron chi connectivity index (χ4n) is 2.54.